The number of ether oxygens (including phenoxy) is 2. The van der Waals surface area contributed by atoms with Gasteiger partial charge in [0.1, 0.15) is 11.5 Å². The summed E-state index contributed by atoms with van der Waals surface area (Å²) < 4.78 is 12.7. The summed E-state index contributed by atoms with van der Waals surface area (Å²) in [6, 6.07) is 23.7. The van der Waals surface area contributed by atoms with Gasteiger partial charge in [0, 0.05) is 45.3 Å². The van der Waals surface area contributed by atoms with Gasteiger partial charge in [-0.2, -0.15) is 0 Å². The van der Waals surface area contributed by atoms with Crippen LogP contribution in [-0.2, 0) is 22.4 Å². The molecule has 8 rings (SSSR count). The summed E-state index contributed by atoms with van der Waals surface area (Å²) in [6.45, 7) is 21.0. The third kappa shape index (κ3) is 8.37. The quantitative estimate of drug-likeness (QED) is 0.0891. The van der Waals surface area contributed by atoms with Crippen LogP contribution in [0.5, 0.6) is 11.5 Å². The highest BCUT2D eigenvalue weighted by atomic mass is 16.5. The number of carbonyl (C=O) groups is 2. The molecule has 0 aliphatic carbocycles. The van der Waals surface area contributed by atoms with E-state index in [1.54, 1.807) is 0 Å². The second-order valence-corrected chi connectivity index (χ2v) is 17.2. The van der Waals surface area contributed by atoms with Crippen molar-refractivity contribution in [3.8, 4) is 22.6 Å². The van der Waals surface area contributed by atoms with E-state index in [0.717, 1.165) is 90.9 Å². The number of nitrogens with zero attached hydrogens (tertiary/aromatic N) is 2. The van der Waals surface area contributed by atoms with Gasteiger partial charge in [0.2, 0.25) is 0 Å². The van der Waals surface area contributed by atoms with Gasteiger partial charge < -0.3 is 19.4 Å². The van der Waals surface area contributed by atoms with Gasteiger partial charge in [-0.1, -0.05) is 74.5 Å². The Morgan fingerprint density at radius 1 is 0.547 bits per heavy atom. The lowest BCUT2D eigenvalue weighted by Crippen LogP contribution is -2.12. The van der Waals surface area contributed by atoms with E-state index < -0.39 is 0 Å². The van der Waals surface area contributed by atoms with E-state index in [-0.39, 0.29) is 24.8 Å². The zero-order chi connectivity index (χ0) is 45.4. The van der Waals surface area contributed by atoms with Gasteiger partial charge >= 0.3 is 11.9 Å². The highest BCUT2D eigenvalue weighted by molar-refractivity contribution is 6.11. The Morgan fingerprint density at radius 2 is 0.938 bits per heavy atom. The third-order valence-corrected chi connectivity index (χ3v) is 13.3. The van der Waals surface area contributed by atoms with Crippen molar-refractivity contribution in [1.82, 2.24) is 9.97 Å². The number of esters is 2. The molecule has 8 heteroatoms. The van der Waals surface area contributed by atoms with E-state index in [0.29, 0.717) is 35.5 Å². The lowest BCUT2D eigenvalue weighted by Gasteiger charge is -2.19. The van der Waals surface area contributed by atoms with Crippen LogP contribution in [0.1, 0.15) is 112 Å². The molecule has 0 bridgehead atoms. The number of allylic oxidation sites excluding steroid dienone is 4. The molecule has 4 heterocycles. The van der Waals surface area contributed by atoms with Crippen LogP contribution in [0.15, 0.2) is 116 Å². The topological polar surface area (TPSA) is 109 Å². The minimum atomic E-state index is -0.359. The minimum Gasteiger partial charge on any atom is -0.426 e. The number of fused-ring (bicyclic) bond motifs is 2. The fourth-order valence-electron chi connectivity index (χ4n) is 9.78. The lowest BCUT2D eigenvalue weighted by molar-refractivity contribution is -0.135. The summed E-state index contributed by atoms with van der Waals surface area (Å²) in [4.78, 5) is 44.8. The van der Waals surface area contributed by atoms with Crippen molar-refractivity contribution in [1.29, 1.82) is 0 Å². The predicted octanol–water partition coefficient (Wildman–Crippen LogP) is 13.7. The van der Waals surface area contributed by atoms with Gasteiger partial charge in [0.05, 0.1) is 24.2 Å². The highest BCUT2D eigenvalue weighted by Gasteiger charge is 2.25. The molecule has 0 amide bonds. The number of hydrogen-bond donors (Lipinski definition) is 2. The molecule has 0 radical (unpaired) electrons. The van der Waals surface area contributed by atoms with Crippen LogP contribution < -0.4 is 9.47 Å². The number of carbonyl (C=O) groups excluding carboxylic acids is 2. The lowest BCUT2D eigenvalue weighted by atomic mass is 9.92. The number of aryl methyl sites for hydroxylation is 2. The Labute approximate surface area is 376 Å². The molecule has 0 unspecified atom stereocenters. The van der Waals surface area contributed by atoms with Crippen molar-refractivity contribution in [3.63, 3.8) is 0 Å². The SMILES string of the molecule is CCc1c(C)[nH]c(/C=C2\N=C(C)C(CCC(=O)Oc3ccc4ccccc4c3-c3c(OC(=O)CCC4=C(C)/C(=C/c5[nH]c(C)c(CC)c5C)N=C4C)ccc4ccccc34)=C2C)c1C. The number of H-pyrrole nitrogens is 2. The van der Waals surface area contributed by atoms with E-state index >= 15 is 0 Å². The van der Waals surface area contributed by atoms with Crippen LogP contribution in [0.3, 0.4) is 0 Å². The molecule has 6 aromatic rings. The largest absolute Gasteiger partial charge is 0.426 e. The number of aliphatic imine (C=N–C) groups is 2. The van der Waals surface area contributed by atoms with Gasteiger partial charge in [-0.25, -0.2) is 0 Å². The maximum absolute atomic E-state index is 13.9. The van der Waals surface area contributed by atoms with Gasteiger partial charge in [0.25, 0.3) is 0 Å². The van der Waals surface area contributed by atoms with E-state index in [4.69, 9.17) is 19.5 Å². The number of hydrogen-bond acceptors (Lipinski definition) is 6. The van der Waals surface area contributed by atoms with Gasteiger partial charge in [-0.05, 0) is 171 Å². The molecule has 0 saturated carbocycles. The number of nitrogens with one attached hydrogen (secondary N) is 2. The highest BCUT2D eigenvalue weighted by Crippen LogP contribution is 2.46. The fourth-order valence-corrected chi connectivity index (χ4v) is 9.78. The van der Waals surface area contributed by atoms with Crippen molar-refractivity contribution in [2.75, 3.05) is 0 Å². The molecule has 2 aliphatic heterocycles. The number of rotatable bonds is 13. The molecule has 0 saturated heterocycles. The van der Waals surface area contributed by atoms with Crippen LogP contribution in [0, 0.1) is 27.7 Å². The van der Waals surface area contributed by atoms with Crippen molar-refractivity contribution in [3.05, 3.63) is 152 Å². The number of aromatic amines is 2. The number of benzene rings is 4. The van der Waals surface area contributed by atoms with Crippen LogP contribution in [0.4, 0.5) is 0 Å². The molecule has 64 heavy (non-hydrogen) atoms. The summed E-state index contributed by atoms with van der Waals surface area (Å²) in [6.07, 6.45) is 7.47. The van der Waals surface area contributed by atoms with Crippen LogP contribution in [0.25, 0.3) is 44.8 Å². The molecule has 2 aliphatic rings. The zero-order valence-electron chi connectivity index (χ0n) is 38.9. The second-order valence-electron chi connectivity index (χ2n) is 17.2. The van der Waals surface area contributed by atoms with Crippen molar-refractivity contribution < 1.29 is 19.1 Å². The molecular formula is C56H58N4O4. The maximum atomic E-state index is 13.9. The van der Waals surface area contributed by atoms with E-state index in [9.17, 15) is 9.59 Å². The summed E-state index contributed by atoms with van der Waals surface area (Å²) in [7, 11) is 0. The first-order valence-corrected chi connectivity index (χ1v) is 22.5. The van der Waals surface area contributed by atoms with Crippen LogP contribution in [0.2, 0.25) is 0 Å². The average molecular weight is 851 g/mol. The molecule has 0 fully saturated rings. The Bertz CT molecular complexity index is 2880. The first kappa shape index (κ1) is 43.8. The number of aromatic nitrogens is 2. The standard InChI is InChI=1S/C56H58N4O4/c1-11-41-31(3)47(57-35(41)7)29-49-33(5)43(37(9)59-49)23-27-53(61)63-51-25-21-39-17-13-15-19-45(39)55(51)56-46-20-16-14-18-40(46)22-26-52(56)64-54(62)28-24-44-34(6)50(60-38(44)10)30-48-32(4)42(12-2)36(8)58-48/h13-22,25-26,29-30,57-58H,11-12,23-24,27-28H2,1-10H3/b49-29-,50-30-. The first-order chi connectivity index (χ1) is 30.8. The summed E-state index contributed by atoms with van der Waals surface area (Å²) in [5.41, 5.74) is 18.9. The molecule has 326 valence electrons. The first-order valence-electron chi connectivity index (χ1n) is 22.5. The fraction of sp³-hybridized carbons (Fsp3) is 0.286. The molecule has 0 atom stereocenters. The summed E-state index contributed by atoms with van der Waals surface area (Å²) >= 11 is 0. The Kier molecular flexibility index (Phi) is 12.4. The van der Waals surface area contributed by atoms with E-state index in [2.05, 4.69) is 77.5 Å². The molecule has 0 spiro atoms. The molecular weight excluding hydrogens is 793 g/mol. The Morgan fingerprint density at radius 3 is 1.31 bits per heavy atom. The van der Waals surface area contributed by atoms with Crippen molar-refractivity contribution in [2.24, 2.45) is 9.98 Å². The second kappa shape index (κ2) is 18.1. The maximum Gasteiger partial charge on any atom is 0.311 e. The van der Waals surface area contributed by atoms with Crippen molar-refractivity contribution >= 4 is 57.1 Å². The Hall–Kier alpha value is -6.80. The van der Waals surface area contributed by atoms with Gasteiger partial charge in [-0.3, -0.25) is 19.6 Å². The molecule has 2 N–H and O–H groups in total. The summed E-state index contributed by atoms with van der Waals surface area (Å²) in [5.74, 6) is 0.0898. The van der Waals surface area contributed by atoms with E-state index in [1.807, 2.05) is 86.6 Å². The normalized spacial score (nSPS) is 15.3. The third-order valence-electron chi connectivity index (χ3n) is 13.3. The minimum absolute atomic E-state index is 0.163. The van der Waals surface area contributed by atoms with Crippen molar-refractivity contribution in [2.45, 2.75) is 108 Å². The monoisotopic (exact) mass is 850 g/mol. The van der Waals surface area contributed by atoms with E-state index in [1.165, 1.54) is 33.6 Å². The molecule has 8 nitrogen and oxygen atoms in total. The smallest absolute Gasteiger partial charge is 0.311 e. The zero-order valence-corrected chi connectivity index (χ0v) is 38.9. The van der Waals surface area contributed by atoms with Gasteiger partial charge in [-0.15, -0.1) is 0 Å². The molecule has 2 aromatic heterocycles. The van der Waals surface area contributed by atoms with Gasteiger partial charge in [0.15, 0.2) is 0 Å². The van der Waals surface area contributed by atoms with Crippen LogP contribution >= 0.6 is 0 Å². The average Bonchev–Trinajstić information content (AvgIpc) is 3.91. The van der Waals surface area contributed by atoms with Crippen LogP contribution in [-0.4, -0.2) is 33.3 Å². The molecule has 4 aromatic carbocycles. The summed E-state index contributed by atoms with van der Waals surface area (Å²) in [5, 5.41) is 3.70. The predicted molar refractivity (Wildman–Crippen MR) is 263 cm³/mol. The Balaban J connectivity index is 1.06.